The second-order valence-corrected chi connectivity index (χ2v) is 9.26. The van der Waals surface area contributed by atoms with Crippen LogP contribution in [0.15, 0.2) is 0 Å². The molecule has 1 heterocycles. The van der Waals surface area contributed by atoms with Crippen molar-refractivity contribution in [2.24, 2.45) is 0 Å². The Morgan fingerprint density at radius 3 is 2.00 bits per heavy atom. The van der Waals surface area contributed by atoms with E-state index in [4.69, 9.17) is 58.5 Å². The van der Waals surface area contributed by atoms with Gasteiger partial charge >= 0.3 is 24.0 Å². The molecule has 0 aromatic carbocycles. The number of hydrogen-bond acceptors (Lipinski definition) is 9. The van der Waals surface area contributed by atoms with E-state index in [0.717, 1.165) is 13.8 Å². The molecule has 29 heavy (non-hydrogen) atoms. The Kier molecular flexibility index (Phi) is 10.2. The number of carbonyl (C=O) groups excluding carboxylic acids is 4. The molecule has 1 saturated heterocycles. The van der Waals surface area contributed by atoms with Crippen molar-refractivity contribution in [3.8, 4) is 0 Å². The lowest BCUT2D eigenvalue weighted by Gasteiger charge is -2.43. The van der Waals surface area contributed by atoms with Gasteiger partial charge in [0.05, 0.1) is 0 Å². The van der Waals surface area contributed by atoms with Crippen LogP contribution >= 0.6 is 50.7 Å². The zero-order chi connectivity index (χ0) is 22.4. The summed E-state index contributed by atoms with van der Waals surface area (Å²) in [5.41, 5.74) is 0. The molecular weight excluding hydrogens is 524 g/mol. The topological polar surface area (TPSA) is 126 Å². The van der Waals surface area contributed by atoms with E-state index in [1.165, 1.54) is 6.92 Å². The highest BCUT2D eigenvalue weighted by Crippen LogP contribution is 2.30. The fourth-order valence-corrected chi connectivity index (χ4v) is 3.24. The number of carbonyl (C=O) groups is 4. The predicted octanol–water partition coefficient (Wildman–Crippen LogP) is 2.00. The third-order valence-corrected chi connectivity index (χ3v) is 4.45. The van der Waals surface area contributed by atoms with Crippen molar-refractivity contribution >= 4 is 74.7 Å². The van der Waals surface area contributed by atoms with Gasteiger partial charge in [0.2, 0.25) is 3.79 Å². The van der Waals surface area contributed by atoms with Crippen molar-refractivity contribution in [1.82, 2.24) is 5.32 Å². The minimum absolute atomic E-state index is 0.294. The maximum Gasteiger partial charge on any atom is 0.407 e. The molecule has 10 nitrogen and oxygen atoms in total. The van der Waals surface area contributed by atoms with Crippen LogP contribution in [0.3, 0.4) is 0 Å². The quantitative estimate of drug-likeness (QED) is 0.304. The van der Waals surface area contributed by atoms with E-state index < -0.39 is 63.8 Å². The number of rotatable bonds is 6. The normalized spacial score (nSPS) is 26.8. The molecule has 2 unspecified atom stereocenters. The highest BCUT2D eigenvalue weighted by molar-refractivity contribution is 9.09. The van der Waals surface area contributed by atoms with Gasteiger partial charge in [-0.2, -0.15) is 0 Å². The Labute approximate surface area is 189 Å². The van der Waals surface area contributed by atoms with Gasteiger partial charge in [0.1, 0.15) is 30.4 Å². The average molecular weight is 544 g/mol. The van der Waals surface area contributed by atoms with E-state index in [2.05, 4.69) is 21.2 Å². The Bertz CT molecular complexity index is 631. The molecule has 0 aliphatic carbocycles. The maximum absolute atomic E-state index is 12.1. The molecule has 1 fully saturated rings. The van der Waals surface area contributed by atoms with Crippen LogP contribution in [0.4, 0.5) is 4.79 Å². The minimum atomic E-state index is -1.83. The molecule has 0 radical (unpaired) electrons. The van der Waals surface area contributed by atoms with Gasteiger partial charge in [0, 0.05) is 20.8 Å². The first-order chi connectivity index (χ1) is 13.3. The number of nitrogens with one attached hydrogen (secondary N) is 1. The van der Waals surface area contributed by atoms with Gasteiger partial charge < -0.3 is 29.0 Å². The molecule has 14 heteroatoms. The zero-order valence-electron chi connectivity index (χ0n) is 15.5. The van der Waals surface area contributed by atoms with E-state index in [1.807, 2.05) is 0 Å². The van der Waals surface area contributed by atoms with Gasteiger partial charge in [-0.15, -0.1) is 0 Å². The van der Waals surface area contributed by atoms with Crippen LogP contribution in [0.25, 0.3) is 0 Å². The highest BCUT2D eigenvalue weighted by Gasteiger charge is 2.50. The number of hydrogen-bond donors (Lipinski definition) is 1. The number of ether oxygens (including phenoxy) is 5. The highest BCUT2D eigenvalue weighted by atomic mass is 79.9. The van der Waals surface area contributed by atoms with Crippen LogP contribution in [0.1, 0.15) is 20.8 Å². The van der Waals surface area contributed by atoms with Gasteiger partial charge in [0.15, 0.2) is 12.2 Å². The minimum Gasteiger partial charge on any atom is -0.463 e. The fourth-order valence-electron chi connectivity index (χ4n) is 2.37. The van der Waals surface area contributed by atoms with Crippen molar-refractivity contribution in [2.75, 3.05) is 13.2 Å². The van der Waals surface area contributed by atoms with Gasteiger partial charge in [-0.1, -0.05) is 50.7 Å². The standard InChI is InChI=1S/C15H19BrCl3NO9/c1-6(21)25-4-9-11(27-7(2)22)12(28-8(3)23)10(13(16)29-9)20-14(24)26-5-15(17,18)19/h9-13H,4-5H2,1-3H3,(H,20,24)/t9-,10?,11+,12?,13-/m0/s1. The van der Waals surface area contributed by atoms with E-state index in [0.29, 0.717) is 0 Å². The first-order valence-electron chi connectivity index (χ1n) is 8.07. The molecule has 0 spiro atoms. The summed E-state index contributed by atoms with van der Waals surface area (Å²) in [5.74, 6) is -2.03. The van der Waals surface area contributed by atoms with Crippen molar-refractivity contribution in [1.29, 1.82) is 0 Å². The smallest absolute Gasteiger partial charge is 0.407 e. The second-order valence-electron chi connectivity index (χ2n) is 5.84. The third kappa shape index (κ3) is 9.56. The Morgan fingerprint density at radius 1 is 0.966 bits per heavy atom. The lowest BCUT2D eigenvalue weighted by molar-refractivity contribution is -0.210. The summed E-state index contributed by atoms with van der Waals surface area (Å²) in [6.45, 7) is 2.60. The summed E-state index contributed by atoms with van der Waals surface area (Å²) in [7, 11) is 0. The largest absolute Gasteiger partial charge is 0.463 e. The Morgan fingerprint density at radius 2 is 1.52 bits per heavy atom. The van der Waals surface area contributed by atoms with Crippen LogP contribution in [-0.2, 0) is 38.1 Å². The molecule has 1 amide bonds. The molecule has 0 bridgehead atoms. The molecule has 1 aliphatic rings. The third-order valence-electron chi connectivity index (χ3n) is 3.34. The monoisotopic (exact) mass is 541 g/mol. The summed E-state index contributed by atoms with van der Waals surface area (Å²) in [6.07, 6.45) is -4.42. The molecular formula is C15H19BrCl3NO9. The SMILES string of the molecule is CC(=O)OC[C@@H]1O[C@H](Br)C(NC(=O)OCC(Cl)(Cl)Cl)C(OC(C)=O)[C@@H]1OC(C)=O. The predicted molar refractivity (Wildman–Crippen MR) is 104 cm³/mol. The Hall–Kier alpha value is -1.01. The molecule has 166 valence electrons. The molecule has 1 aliphatic heterocycles. The van der Waals surface area contributed by atoms with E-state index in [1.54, 1.807) is 0 Å². The van der Waals surface area contributed by atoms with Gasteiger partial charge in [-0.05, 0) is 0 Å². The van der Waals surface area contributed by atoms with Crippen LogP contribution in [-0.4, -0.2) is 70.4 Å². The van der Waals surface area contributed by atoms with E-state index in [9.17, 15) is 19.2 Å². The summed E-state index contributed by atoms with van der Waals surface area (Å²) >= 11 is 19.8. The number of halogens is 4. The van der Waals surface area contributed by atoms with Gasteiger partial charge in [0.25, 0.3) is 0 Å². The summed E-state index contributed by atoms with van der Waals surface area (Å²) in [5, 5.41) is 1.46. The van der Waals surface area contributed by atoms with Crippen molar-refractivity contribution in [2.45, 2.75) is 53.9 Å². The first kappa shape index (κ1) is 26.0. The molecule has 0 aromatic heterocycles. The lowest BCUT2D eigenvalue weighted by atomic mass is 9.97. The number of esters is 3. The van der Waals surface area contributed by atoms with Gasteiger partial charge in [-0.25, -0.2) is 4.79 Å². The van der Waals surface area contributed by atoms with Crippen LogP contribution in [0.5, 0.6) is 0 Å². The number of amides is 1. The molecule has 0 saturated carbocycles. The lowest BCUT2D eigenvalue weighted by Crippen LogP contribution is -2.65. The second kappa shape index (κ2) is 11.4. The molecule has 0 aromatic rings. The molecule has 1 rings (SSSR count). The fraction of sp³-hybridized carbons (Fsp3) is 0.733. The summed E-state index contributed by atoms with van der Waals surface area (Å²) < 4.78 is 24.0. The van der Waals surface area contributed by atoms with E-state index in [-0.39, 0.29) is 6.61 Å². The zero-order valence-corrected chi connectivity index (χ0v) is 19.3. The van der Waals surface area contributed by atoms with Crippen LogP contribution in [0.2, 0.25) is 0 Å². The summed E-state index contributed by atoms with van der Waals surface area (Å²) in [6, 6.07) is -1.07. The van der Waals surface area contributed by atoms with Crippen molar-refractivity contribution in [3.63, 3.8) is 0 Å². The van der Waals surface area contributed by atoms with Crippen molar-refractivity contribution < 1.29 is 42.9 Å². The van der Waals surface area contributed by atoms with E-state index >= 15 is 0 Å². The van der Waals surface area contributed by atoms with Crippen molar-refractivity contribution in [3.05, 3.63) is 0 Å². The number of alkyl carbamates (subject to hydrolysis) is 1. The maximum atomic E-state index is 12.1. The van der Waals surface area contributed by atoms with Crippen LogP contribution < -0.4 is 5.32 Å². The molecule has 5 atom stereocenters. The first-order valence-corrected chi connectivity index (χ1v) is 10.1. The molecule has 1 N–H and O–H groups in total. The summed E-state index contributed by atoms with van der Waals surface area (Å²) in [4.78, 5) is 46.4. The van der Waals surface area contributed by atoms with Crippen LogP contribution in [0, 0.1) is 0 Å². The average Bonchev–Trinajstić information content (AvgIpc) is 2.55. The Balaban J connectivity index is 3.06. The van der Waals surface area contributed by atoms with Gasteiger partial charge in [-0.3, -0.25) is 14.4 Å². The number of alkyl halides is 4.